The highest BCUT2D eigenvalue weighted by Crippen LogP contribution is 2.33. The Balaban J connectivity index is 1.75. The van der Waals surface area contributed by atoms with Gasteiger partial charge < -0.3 is 4.57 Å². The van der Waals surface area contributed by atoms with Crippen molar-refractivity contribution in [2.45, 2.75) is 0 Å². The van der Waals surface area contributed by atoms with Crippen LogP contribution in [0.3, 0.4) is 0 Å². The fourth-order valence-corrected chi connectivity index (χ4v) is 3.68. The van der Waals surface area contributed by atoms with E-state index >= 15 is 0 Å². The molecule has 5 nitrogen and oxygen atoms in total. The number of nitrogens with zero attached hydrogens (tertiary/aromatic N) is 5. The van der Waals surface area contributed by atoms with E-state index in [1.54, 1.807) is 6.07 Å². The van der Waals surface area contributed by atoms with Crippen LogP contribution in [0.4, 0.5) is 0 Å². The van der Waals surface area contributed by atoms with Crippen LogP contribution < -0.4 is 0 Å². The van der Waals surface area contributed by atoms with Crippen molar-refractivity contribution in [3.63, 3.8) is 0 Å². The quantitative estimate of drug-likeness (QED) is 0.438. The zero-order chi connectivity index (χ0) is 19.8. The summed E-state index contributed by atoms with van der Waals surface area (Å²) in [6.45, 7) is 0. The van der Waals surface area contributed by atoms with Crippen molar-refractivity contribution in [1.29, 1.82) is 10.5 Å². The van der Waals surface area contributed by atoms with Crippen molar-refractivity contribution < 1.29 is 0 Å². The summed E-state index contributed by atoms with van der Waals surface area (Å²) in [5, 5.41) is 21.1. The third kappa shape index (κ3) is 2.62. The maximum absolute atomic E-state index is 9.87. The zero-order valence-electron chi connectivity index (χ0n) is 15.2. The maximum atomic E-state index is 9.87. The van der Waals surface area contributed by atoms with Crippen molar-refractivity contribution in [3.05, 3.63) is 90.3 Å². The van der Waals surface area contributed by atoms with Crippen LogP contribution in [0, 0.1) is 22.7 Å². The summed E-state index contributed by atoms with van der Waals surface area (Å²) in [7, 11) is 0. The van der Waals surface area contributed by atoms with Crippen molar-refractivity contribution in [2.75, 3.05) is 0 Å². The van der Waals surface area contributed by atoms with Gasteiger partial charge in [0.15, 0.2) is 5.82 Å². The van der Waals surface area contributed by atoms with E-state index in [1.807, 2.05) is 42.5 Å². The molecule has 0 bridgehead atoms. The summed E-state index contributed by atoms with van der Waals surface area (Å²) in [5.41, 5.74) is 4.57. The number of nitriles is 2. The Labute approximate surface area is 166 Å². The fourth-order valence-electron chi connectivity index (χ4n) is 3.68. The van der Waals surface area contributed by atoms with Crippen LogP contribution in [0.5, 0.6) is 0 Å². The van der Waals surface area contributed by atoms with Gasteiger partial charge in [0.2, 0.25) is 0 Å². The number of hydrogen-bond acceptors (Lipinski definition) is 4. The summed E-state index contributed by atoms with van der Waals surface area (Å²) >= 11 is 0. The zero-order valence-corrected chi connectivity index (χ0v) is 15.2. The summed E-state index contributed by atoms with van der Waals surface area (Å²) in [4.78, 5) is 8.48. The molecule has 0 saturated heterocycles. The van der Waals surface area contributed by atoms with E-state index in [9.17, 15) is 5.26 Å². The Morgan fingerprint density at radius 2 is 1.34 bits per heavy atom. The molecule has 0 aliphatic rings. The van der Waals surface area contributed by atoms with Gasteiger partial charge in [0.25, 0.3) is 0 Å². The second kappa shape index (κ2) is 6.60. The minimum atomic E-state index is 0.399. The Kier molecular flexibility index (Phi) is 3.79. The van der Waals surface area contributed by atoms with Crippen LogP contribution in [-0.2, 0) is 0 Å². The average molecular weight is 371 g/mol. The first kappa shape index (κ1) is 16.7. The normalized spacial score (nSPS) is 10.7. The summed E-state index contributed by atoms with van der Waals surface area (Å²) in [6, 6.07) is 26.3. The largest absolute Gasteiger partial charge is 0.308 e. The van der Waals surface area contributed by atoms with Crippen LogP contribution in [0.15, 0.2) is 79.1 Å². The van der Waals surface area contributed by atoms with E-state index in [-0.39, 0.29) is 0 Å². The number of benzene rings is 3. The van der Waals surface area contributed by atoms with Gasteiger partial charge in [-0.05, 0) is 30.3 Å². The Hall–Kier alpha value is -4.48. The first-order valence-electron chi connectivity index (χ1n) is 9.05. The molecular weight excluding hydrogens is 358 g/mol. The van der Waals surface area contributed by atoms with Crippen LogP contribution in [0.25, 0.3) is 38.9 Å². The van der Waals surface area contributed by atoms with Crippen LogP contribution in [-0.4, -0.2) is 14.5 Å². The van der Waals surface area contributed by atoms with Crippen molar-refractivity contribution >= 4 is 21.8 Å². The van der Waals surface area contributed by atoms with Gasteiger partial charge in [0.05, 0.1) is 27.8 Å². The molecule has 0 aliphatic heterocycles. The first-order chi connectivity index (χ1) is 14.3. The number of fused-ring (bicyclic) bond motifs is 3. The molecular formula is C24H13N5. The number of rotatable bonds is 2. The fraction of sp³-hybridized carbons (Fsp3) is 0. The van der Waals surface area contributed by atoms with Gasteiger partial charge >= 0.3 is 0 Å². The first-order valence-corrected chi connectivity index (χ1v) is 9.05. The van der Waals surface area contributed by atoms with Crippen molar-refractivity contribution in [3.8, 4) is 29.2 Å². The summed E-state index contributed by atoms with van der Waals surface area (Å²) in [6.07, 6.45) is 2.96. The number of aromatic nitrogens is 3. The lowest BCUT2D eigenvalue weighted by Gasteiger charge is -2.11. The van der Waals surface area contributed by atoms with Crippen molar-refractivity contribution in [1.82, 2.24) is 14.5 Å². The van der Waals surface area contributed by atoms with Crippen LogP contribution >= 0.6 is 0 Å². The molecule has 5 heteroatoms. The Bertz CT molecular complexity index is 1410. The van der Waals surface area contributed by atoms with Crippen LogP contribution in [0.2, 0.25) is 0 Å². The predicted molar refractivity (Wildman–Crippen MR) is 111 cm³/mol. The van der Waals surface area contributed by atoms with Gasteiger partial charge in [0, 0.05) is 28.7 Å². The van der Waals surface area contributed by atoms with Gasteiger partial charge in [-0.1, -0.05) is 36.4 Å². The molecule has 0 amide bonds. The lowest BCUT2D eigenvalue weighted by Crippen LogP contribution is -1.99. The number of hydrogen-bond donors (Lipinski definition) is 0. The molecule has 0 aliphatic carbocycles. The second-order valence-corrected chi connectivity index (χ2v) is 6.62. The van der Waals surface area contributed by atoms with E-state index in [0.29, 0.717) is 17.0 Å². The van der Waals surface area contributed by atoms with E-state index in [2.05, 4.69) is 44.9 Å². The third-order valence-electron chi connectivity index (χ3n) is 4.98. The molecule has 5 rings (SSSR count). The highest BCUT2D eigenvalue weighted by atomic mass is 15.0. The van der Waals surface area contributed by atoms with E-state index in [0.717, 1.165) is 33.1 Å². The standard InChI is InChI=1S/C24H13N5/c25-12-16-14-27-24(28-15-16)17-9-10-21(18(11-17)13-26)29-22-7-3-1-5-19(22)20-6-2-4-8-23(20)29/h1-11,14-15H. The minimum Gasteiger partial charge on any atom is -0.308 e. The van der Waals surface area contributed by atoms with E-state index in [4.69, 9.17) is 5.26 Å². The minimum absolute atomic E-state index is 0.399. The number of para-hydroxylation sites is 2. The smallest absolute Gasteiger partial charge is 0.159 e. The van der Waals surface area contributed by atoms with Gasteiger partial charge in [-0.3, -0.25) is 0 Å². The van der Waals surface area contributed by atoms with Gasteiger partial charge in [-0.2, -0.15) is 10.5 Å². The van der Waals surface area contributed by atoms with Crippen LogP contribution in [0.1, 0.15) is 11.1 Å². The highest BCUT2D eigenvalue weighted by molar-refractivity contribution is 6.09. The lowest BCUT2D eigenvalue weighted by molar-refractivity contribution is 1.14. The average Bonchev–Trinajstić information content (AvgIpc) is 3.13. The monoisotopic (exact) mass is 371 g/mol. The molecule has 2 heterocycles. The Morgan fingerprint density at radius 1 is 0.724 bits per heavy atom. The van der Waals surface area contributed by atoms with Crippen molar-refractivity contribution in [2.24, 2.45) is 0 Å². The molecule has 0 spiro atoms. The summed E-state index contributed by atoms with van der Waals surface area (Å²) in [5.74, 6) is 0.481. The topological polar surface area (TPSA) is 78.3 Å². The maximum Gasteiger partial charge on any atom is 0.159 e. The molecule has 5 aromatic rings. The van der Waals surface area contributed by atoms with Gasteiger partial charge in [0.1, 0.15) is 12.1 Å². The third-order valence-corrected chi connectivity index (χ3v) is 4.98. The second-order valence-electron chi connectivity index (χ2n) is 6.62. The highest BCUT2D eigenvalue weighted by Gasteiger charge is 2.15. The van der Waals surface area contributed by atoms with E-state index in [1.165, 1.54) is 12.4 Å². The van der Waals surface area contributed by atoms with Gasteiger partial charge in [-0.25, -0.2) is 9.97 Å². The summed E-state index contributed by atoms with van der Waals surface area (Å²) < 4.78 is 2.12. The molecule has 0 atom stereocenters. The Morgan fingerprint density at radius 3 is 1.93 bits per heavy atom. The molecule has 0 saturated carbocycles. The molecule has 3 aromatic carbocycles. The molecule has 0 unspecified atom stereocenters. The molecule has 0 fully saturated rings. The van der Waals surface area contributed by atoms with E-state index < -0.39 is 0 Å². The SMILES string of the molecule is N#Cc1cnc(-c2ccc(-n3c4ccccc4c4ccccc43)c(C#N)c2)nc1. The van der Waals surface area contributed by atoms with Gasteiger partial charge in [-0.15, -0.1) is 0 Å². The lowest BCUT2D eigenvalue weighted by atomic mass is 10.1. The predicted octanol–water partition coefficient (Wildman–Crippen LogP) is 4.98. The molecule has 134 valence electrons. The molecule has 0 radical (unpaired) electrons. The molecule has 0 N–H and O–H groups in total. The molecule has 29 heavy (non-hydrogen) atoms. The molecule has 2 aromatic heterocycles.